The second kappa shape index (κ2) is 6.07. The fourth-order valence-electron chi connectivity index (χ4n) is 1.58. The zero-order valence-electron chi connectivity index (χ0n) is 9.35. The standard InChI is InChI=1S/C11H14N2O2S2/c14-10(8-13-5-7-17-11(13)15)12-4-3-9-2-1-6-16-9/h1-2,6H,3-5,7-8H2,(H,12,14). The number of hydrogen-bond donors (Lipinski definition) is 1. The minimum atomic E-state index is -0.0718. The largest absolute Gasteiger partial charge is 0.354 e. The van der Waals surface area contributed by atoms with E-state index in [0.29, 0.717) is 13.1 Å². The van der Waals surface area contributed by atoms with E-state index in [9.17, 15) is 9.59 Å². The van der Waals surface area contributed by atoms with Crippen LogP contribution in [-0.4, -0.2) is 41.4 Å². The molecule has 2 amide bonds. The number of carbonyl (C=O) groups is 2. The lowest BCUT2D eigenvalue weighted by molar-refractivity contribution is -0.121. The first-order valence-corrected chi connectivity index (χ1v) is 7.33. The molecule has 1 N–H and O–H groups in total. The number of carbonyl (C=O) groups excluding carboxylic acids is 2. The van der Waals surface area contributed by atoms with E-state index < -0.39 is 0 Å². The summed E-state index contributed by atoms with van der Waals surface area (Å²) in [5.41, 5.74) is 0. The van der Waals surface area contributed by atoms with Crippen molar-refractivity contribution in [2.75, 3.05) is 25.4 Å². The molecule has 1 fully saturated rings. The van der Waals surface area contributed by atoms with Crippen molar-refractivity contribution in [1.82, 2.24) is 10.2 Å². The van der Waals surface area contributed by atoms with Crippen molar-refractivity contribution in [2.45, 2.75) is 6.42 Å². The highest BCUT2D eigenvalue weighted by Crippen LogP contribution is 2.16. The van der Waals surface area contributed by atoms with E-state index >= 15 is 0 Å². The highest BCUT2D eigenvalue weighted by Gasteiger charge is 2.22. The molecular weight excluding hydrogens is 256 g/mol. The third kappa shape index (κ3) is 3.74. The van der Waals surface area contributed by atoms with Gasteiger partial charge in [0.15, 0.2) is 0 Å². The smallest absolute Gasteiger partial charge is 0.282 e. The molecule has 1 aliphatic heterocycles. The molecule has 0 saturated carbocycles. The molecule has 2 rings (SSSR count). The fourth-order valence-corrected chi connectivity index (χ4v) is 3.11. The lowest BCUT2D eigenvalue weighted by Gasteiger charge is -2.13. The van der Waals surface area contributed by atoms with Gasteiger partial charge in [-0.1, -0.05) is 17.8 Å². The van der Waals surface area contributed by atoms with Crippen LogP contribution in [0.4, 0.5) is 4.79 Å². The Kier molecular flexibility index (Phi) is 4.44. The Balaban J connectivity index is 1.65. The van der Waals surface area contributed by atoms with Crippen molar-refractivity contribution >= 4 is 34.2 Å². The van der Waals surface area contributed by atoms with Crippen molar-refractivity contribution in [2.24, 2.45) is 0 Å². The van der Waals surface area contributed by atoms with E-state index in [-0.39, 0.29) is 17.7 Å². The lowest BCUT2D eigenvalue weighted by atomic mass is 10.3. The minimum Gasteiger partial charge on any atom is -0.354 e. The maximum atomic E-state index is 11.6. The third-order valence-corrected chi connectivity index (χ3v) is 4.28. The second-order valence-corrected chi connectivity index (χ2v) is 5.79. The highest BCUT2D eigenvalue weighted by atomic mass is 32.2. The van der Waals surface area contributed by atoms with Crippen LogP contribution < -0.4 is 5.32 Å². The number of amides is 2. The average Bonchev–Trinajstić information content (AvgIpc) is 2.92. The van der Waals surface area contributed by atoms with Gasteiger partial charge in [-0.25, -0.2) is 0 Å². The van der Waals surface area contributed by atoms with Gasteiger partial charge < -0.3 is 10.2 Å². The average molecular weight is 270 g/mol. The normalized spacial score (nSPS) is 15.3. The van der Waals surface area contributed by atoms with Crippen LogP contribution in [0.2, 0.25) is 0 Å². The molecule has 0 atom stereocenters. The molecule has 1 aliphatic rings. The Bertz CT molecular complexity index is 392. The Morgan fingerprint density at radius 1 is 1.53 bits per heavy atom. The first-order chi connectivity index (χ1) is 8.25. The SMILES string of the molecule is O=C(CN1CCSC1=O)NCCc1cccs1. The summed E-state index contributed by atoms with van der Waals surface area (Å²) in [7, 11) is 0. The first kappa shape index (κ1) is 12.4. The molecule has 1 aromatic rings. The van der Waals surface area contributed by atoms with Gasteiger partial charge in [-0.2, -0.15) is 0 Å². The number of nitrogens with zero attached hydrogens (tertiary/aromatic N) is 1. The van der Waals surface area contributed by atoms with Crippen molar-refractivity contribution in [3.8, 4) is 0 Å². The predicted octanol–water partition coefficient (Wildman–Crippen LogP) is 1.58. The molecule has 4 nitrogen and oxygen atoms in total. The monoisotopic (exact) mass is 270 g/mol. The summed E-state index contributed by atoms with van der Waals surface area (Å²) in [4.78, 5) is 25.7. The van der Waals surface area contributed by atoms with Crippen LogP contribution in [0.3, 0.4) is 0 Å². The molecule has 1 aromatic heterocycles. The zero-order chi connectivity index (χ0) is 12.1. The van der Waals surface area contributed by atoms with Gasteiger partial charge in [0.2, 0.25) is 5.91 Å². The van der Waals surface area contributed by atoms with Crippen LogP contribution >= 0.6 is 23.1 Å². The molecule has 6 heteroatoms. The van der Waals surface area contributed by atoms with Gasteiger partial charge in [0.25, 0.3) is 5.24 Å². The predicted molar refractivity (Wildman–Crippen MR) is 70.5 cm³/mol. The van der Waals surface area contributed by atoms with Crippen molar-refractivity contribution in [3.05, 3.63) is 22.4 Å². The number of thioether (sulfide) groups is 1. The number of nitrogens with one attached hydrogen (secondary N) is 1. The number of hydrogen-bond acceptors (Lipinski definition) is 4. The first-order valence-electron chi connectivity index (χ1n) is 5.46. The van der Waals surface area contributed by atoms with E-state index in [2.05, 4.69) is 11.4 Å². The fraction of sp³-hybridized carbons (Fsp3) is 0.455. The molecule has 0 bridgehead atoms. The Morgan fingerprint density at radius 3 is 3.06 bits per heavy atom. The Labute approximate surface area is 108 Å². The van der Waals surface area contributed by atoms with Crippen LogP contribution in [-0.2, 0) is 11.2 Å². The van der Waals surface area contributed by atoms with Gasteiger partial charge in [0, 0.05) is 23.7 Å². The van der Waals surface area contributed by atoms with Crippen LogP contribution in [0.1, 0.15) is 4.88 Å². The van der Waals surface area contributed by atoms with Crippen LogP contribution in [0, 0.1) is 0 Å². The summed E-state index contributed by atoms with van der Waals surface area (Å²) in [5.74, 6) is 0.721. The van der Waals surface area contributed by atoms with E-state index in [1.165, 1.54) is 16.6 Å². The molecule has 0 unspecified atom stereocenters. The highest BCUT2D eigenvalue weighted by molar-refractivity contribution is 8.13. The van der Waals surface area contributed by atoms with Gasteiger partial charge in [0.1, 0.15) is 6.54 Å². The minimum absolute atomic E-state index is 0.0124. The second-order valence-electron chi connectivity index (χ2n) is 3.72. The molecule has 1 saturated heterocycles. The summed E-state index contributed by atoms with van der Waals surface area (Å²) in [6.45, 7) is 1.51. The summed E-state index contributed by atoms with van der Waals surface area (Å²) in [6.07, 6.45) is 0.853. The van der Waals surface area contributed by atoms with Gasteiger partial charge in [-0.05, 0) is 17.9 Å². The summed E-state index contributed by atoms with van der Waals surface area (Å²) < 4.78 is 0. The summed E-state index contributed by atoms with van der Waals surface area (Å²) >= 11 is 2.97. The van der Waals surface area contributed by atoms with E-state index in [0.717, 1.165) is 12.2 Å². The lowest BCUT2D eigenvalue weighted by Crippen LogP contribution is -2.37. The Hall–Kier alpha value is -1.01. The molecule has 2 heterocycles. The van der Waals surface area contributed by atoms with Gasteiger partial charge in [-0.15, -0.1) is 11.3 Å². The molecular formula is C11H14N2O2S2. The molecule has 0 aromatic carbocycles. The maximum absolute atomic E-state index is 11.6. The molecule has 0 aliphatic carbocycles. The molecule has 0 spiro atoms. The topological polar surface area (TPSA) is 49.4 Å². The van der Waals surface area contributed by atoms with E-state index in [1.54, 1.807) is 16.2 Å². The number of thiophene rings is 1. The van der Waals surface area contributed by atoms with Gasteiger partial charge >= 0.3 is 0 Å². The zero-order valence-corrected chi connectivity index (χ0v) is 11.0. The summed E-state index contributed by atoms with van der Waals surface area (Å²) in [5, 5.41) is 4.87. The maximum Gasteiger partial charge on any atom is 0.282 e. The van der Waals surface area contributed by atoms with Crippen LogP contribution in [0.25, 0.3) is 0 Å². The quantitative estimate of drug-likeness (QED) is 0.883. The molecule has 92 valence electrons. The Morgan fingerprint density at radius 2 is 2.41 bits per heavy atom. The van der Waals surface area contributed by atoms with Crippen LogP contribution in [0.5, 0.6) is 0 Å². The summed E-state index contributed by atoms with van der Waals surface area (Å²) in [6, 6.07) is 4.05. The van der Waals surface area contributed by atoms with Gasteiger partial charge in [-0.3, -0.25) is 9.59 Å². The van der Waals surface area contributed by atoms with Crippen molar-refractivity contribution in [3.63, 3.8) is 0 Å². The van der Waals surface area contributed by atoms with Crippen LogP contribution in [0.15, 0.2) is 17.5 Å². The van der Waals surface area contributed by atoms with Gasteiger partial charge in [0.05, 0.1) is 0 Å². The molecule has 0 radical (unpaired) electrons. The molecule has 17 heavy (non-hydrogen) atoms. The van der Waals surface area contributed by atoms with E-state index in [4.69, 9.17) is 0 Å². The van der Waals surface area contributed by atoms with Crippen molar-refractivity contribution in [1.29, 1.82) is 0 Å². The van der Waals surface area contributed by atoms with E-state index in [1.807, 2.05) is 11.4 Å². The van der Waals surface area contributed by atoms with Crippen molar-refractivity contribution < 1.29 is 9.59 Å². The number of rotatable bonds is 5. The third-order valence-electron chi connectivity index (χ3n) is 2.45.